The van der Waals surface area contributed by atoms with Gasteiger partial charge >= 0.3 is 0 Å². The van der Waals surface area contributed by atoms with Gasteiger partial charge in [0.05, 0.1) is 0 Å². The molecule has 0 atom stereocenters. The summed E-state index contributed by atoms with van der Waals surface area (Å²) in [6.07, 6.45) is 6.06. The van der Waals surface area contributed by atoms with Crippen molar-refractivity contribution in [3.05, 3.63) is 65.7 Å². The number of rotatable bonds is 5. The Morgan fingerprint density at radius 2 is 1.92 bits per heavy atom. The Kier molecular flexibility index (Phi) is 4.86. The lowest BCUT2D eigenvalue weighted by molar-refractivity contribution is 0.0996. The maximum absolute atomic E-state index is 12.0. The van der Waals surface area contributed by atoms with Crippen molar-refractivity contribution in [1.82, 2.24) is 0 Å². The van der Waals surface area contributed by atoms with Crippen molar-refractivity contribution in [3.63, 3.8) is 0 Å². The fourth-order valence-electron chi connectivity index (χ4n) is 3.06. The Morgan fingerprint density at radius 1 is 1.15 bits per heavy atom. The van der Waals surface area contributed by atoms with Gasteiger partial charge in [0.2, 0.25) is 0 Å². The molecular formula is C24H26O2. The van der Waals surface area contributed by atoms with Crippen LogP contribution in [0.25, 0.3) is 22.8 Å². The zero-order valence-electron chi connectivity index (χ0n) is 16.1. The molecule has 134 valence electrons. The predicted octanol–water partition coefficient (Wildman–Crippen LogP) is 6.55. The number of Topliss-reactive ketones (excluding diaryl/α,β-unsaturated/α-hetero) is 1. The van der Waals surface area contributed by atoms with Crippen LogP contribution in [0.15, 0.2) is 49.1 Å². The quantitative estimate of drug-likeness (QED) is 0.573. The van der Waals surface area contributed by atoms with E-state index in [0.29, 0.717) is 5.56 Å². The van der Waals surface area contributed by atoms with E-state index in [-0.39, 0.29) is 11.4 Å². The zero-order valence-corrected chi connectivity index (χ0v) is 16.1. The van der Waals surface area contributed by atoms with E-state index in [0.717, 1.165) is 35.3 Å². The average Bonchev–Trinajstić information content (AvgIpc) is 2.61. The number of carbonyl (C=O) groups is 1. The normalized spacial score (nSPS) is 13.5. The van der Waals surface area contributed by atoms with Gasteiger partial charge in [-0.15, -0.1) is 0 Å². The summed E-state index contributed by atoms with van der Waals surface area (Å²) in [5.41, 5.74) is 5.97. The van der Waals surface area contributed by atoms with Gasteiger partial charge in [-0.25, -0.2) is 0 Å². The van der Waals surface area contributed by atoms with Gasteiger partial charge in [0.1, 0.15) is 11.4 Å². The van der Waals surface area contributed by atoms with E-state index in [2.05, 4.69) is 57.7 Å². The van der Waals surface area contributed by atoms with Gasteiger partial charge in [-0.1, -0.05) is 37.8 Å². The SMILES string of the molecule is C=C1CC=Cc2cc(-c3cc(OC(C)(C)CC)cc(C(C)=O)c3)ccc21. The molecule has 0 unspecified atom stereocenters. The molecule has 3 rings (SSSR count). The first-order valence-corrected chi connectivity index (χ1v) is 9.13. The van der Waals surface area contributed by atoms with E-state index in [9.17, 15) is 4.79 Å². The van der Waals surface area contributed by atoms with Crippen molar-refractivity contribution in [2.24, 2.45) is 0 Å². The Bertz CT molecular complexity index is 900. The molecular weight excluding hydrogens is 320 g/mol. The smallest absolute Gasteiger partial charge is 0.159 e. The molecule has 2 heteroatoms. The number of ketones is 1. The largest absolute Gasteiger partial charge is 0.488 e. The van der Waals surface area contributed by atoms with Gasteiger partial charge in [-0.2, -0.15) is 0 Å². The molecule has 0 fully saturated rings. The molecule has 1 aliphatic carbocycles. The maximum Gasteiger partial charge on any atom is 0.159 e. The summed E-state index contributed by atoms with van der Waals surface area (Å²) in [4.78, 5) is 12.0. The third kappa shape index (κ3) is 3.80. The first kappa shape index (κ1) is 18.2. The standard InChI is InChI=1S/C24H26O2/c1-6-24(4,5)26-22-14-20(17(3)25)13-21(15-22)18-10-11-23-16(2)8-7-9-19(23)12-18/h7,9-15H,2,6,8H2,1,3-5H3. The highest BCUT2D eigenvalue weighted by Crippen LogP contribution is 2.34. The summed E-state index contributed by atoms with van der Waals surface area (Å²) >= 11 is 0. The van der Waals surface area contributed by atoms with E-state index in [1.165, 1.54) is 11.1 Å². The second-order valence-corrected chi connectivity index (χ2v) is 7.53. The minimum atomic E-state index is -0.275. The Morgan fingerprint density at radius 3 is 2.62 bits per heavy atom. The zero-order chi connectivity index (χ0) is 18.9. The highest BCUT2D eigenvalue weighted by Gasteiger charge is 2.18. The lowest BCUT2D eigenvalue weighted by Gasteiger charge is -2.25. The van der Waals surface area contributed by atoms with E-state index >= 15 is 0 Å². The average molecular weight is 346 g/mol. The highest BCUT2D eigenvalue weighted by atomic mass is 16.5. The Hall–Kier alpha value is -2.61. The van der Waals surface area contributed by atoms with Crippen molar-refractivity contribution in [3.8, 4) is 16.9 Å². The van der Waals surface area contributed by atoms with E-state index in [1.807, 2.05) is 18.2 Å². The molecule has 0 amide bonds. The van der Waals surface area contributed by atoms with Crippen LogP contribution < -0.4 is 4.74 Å². The second-order valence-electron chi connectivity index (χ2n) is 7.53. The minimum Gasteiger partial charge on any atom is -0.488 e. The summed E-state index contributed by atoms with van der Waals surface area (Å²) in [6, 6.07) is 12.2. The first-order chi connectivity index (χ1) is 12.3. The maximum atomic E-state index is 12.0. The fraction of sp³-hybridized carbons (Fsp3) is 0.292. The minimum absolute atomic E-state index is 0.0391. The Labute approximate surface area is 156 Å². The molecule has 2 nitrogen and oxygen atoms in total. The van der Waals surface area contributed by atoms with Gasteiger partial charge in [0, 0.05) is 5.56 Å². The van der Waals surface area contributed by atoms with E-state index < -0.39 is 0 Å². The molecule has 0 N–H and O–H groups in total. The van der Waals surface area contributed by atoms with Crippen molar-refractivity contribution in [1.29, 1.82) is 0 Å². The fourth-order valence-corrected chi connectivity index (χ4v) is 3.06. The van der Waals surface area contributed by atoms with Crippen LogP contribution >= 0.6 is 0 Å². The molecule has 2 aromatic rings. The second kappa shape index (κ2) is 6.95. The molecule has 0 bridgehead atoms. The number of hydrogen-bond donors (Lipinski definition) is 0. The third-order valence-corrected chi connectivity index (χ3v) is 4.99. The number of benzene rings is 2. The number of allylic oxidation sites excluding steroid dienone is 2. The summed E-state index contributed by atoms with van der Waals surface area (Å²) < 4.78 is 6.15. The van der Waals surface area contributed by atoms with Crippen LogP contribution in [0.4, 0.5) is 0 Å². The number of carbonyl (C=O) groups excluding carboxylic acids is 1. The van der Waals surface area contributed by atoms with Crippen LogP contribution in [-0.2, 0) is 0 Å². The summed E-state index contributed by atoms with van der Waals surface area (Å²) in [7, 11) is 0. The lowest BCUT2D eigenvalue weighted by atomic mass is 9.90. The molecule has 26 heavy (non-hydrogen) atoms. The van der Waals surface area contributed by atoms with Crippen molar-refractivity contribution in [2.75, 3.05) is 0 Å². The molecule has 0 aliphatic heterocycles. The van der Waals surface area contributed by atoms with Crippen molar-refractivity contribution < 1.29 is 9.53 Å². The molecule has 0 saturated carbocycles. The van der Waals surface area contributed by atoms with Crippen LogP contribution in [0, 0.1) is 0 Å². The summed E-state index contributed by atoms with van der Waals surface area (Å²) in [5.74, 6) is 0.773. The van der Waals surface area contributed by atoms with E-state index in [1.54, 1.807) is 6.92 Å². The van der Waals surface area contributed by atoms with Crippen LogP contribution in [0.2, 0.25) is 0 Å². The monoisotopic (exact) mass is 346 g/mol. The van der Waals surface area contributed by atoms with Crippen LogP contribution in [0.1, 0.15) is 62.0 Å². The lowest BCUT2D eigenvalue weighted by Crippen LogP contribution is -2.26. The summed E-state index contributed by atoms with van der Waals surface area (Å²) in [6.45, 7) is 11.9. The molecule has 0 radical (unpaired) electrons. The van der Waals surface area contributed by atoms with Crippen molar-refractivity contribution >= 4 is 17.4 Å². The number of hydrogen-bond acceptors (Lipinski definition) is 2. The van der Waals surface area contributed by atoms with Gasteiger partial charge < -0.3 is 4.74 Å². The number of fused-ring (bicyclic) bond motifs is 1. The van der Waals surface area contributed by atoms with Crippen molar-refractivity contribution in [2.45, 2.75) is 46.1 Å². The van der Waals surface area contributed by atoms with Crippen LogP contribution in [0.3, 0.4) is 0 Å². The van der Waals surface area contributed by atoms with Crippen LogP contribution in [0.5, 0.6) is 5.75 Å². The van der Waals surface area contributed by atoms with Gasteiger partial charge in [0.15, 0.2) is 5.78 Å². The molecule has 2 aromatic carbocycles. The van der Waals surface area contributed by atoms with Gasteiger partial charge in [0.25, 0.3) is 0 Å². The van der Waals surface area contributed by atoms with Gasteiger partial charge in [-0.05, 0) is 85.7 Å². The van der Waals surface area contributed by atoms with Gasteiger partial charge in [-0.3, -0.25) is 4.79 Å². The molecule has 0 saturated heterocycles. The first-order valence-electron chi connectivity index (χ1n) is 9.13. The van der Waals surface area contributed by atoms with E-state index in [4.69, 9.17) is 4.74 Å². The molecule has 0 heterocycles. The predicted molar refractivity (Wildman–Crippen MR) is 110 cm³/mol. The third-order valence-electron chi connectivity index (χ3n) is 4.99. The number of ether oxygens (including phenoxy) is 1. The topological polar surface area (TPSA) is 26.3 Å². The molecule has 1 aliphatic rings. The Balaban J connectivity index is 2.07. The van der Waals surface area contributed by atoms with Crippen LogP contribution in [-0.4, -0.2) is 11.4 Å². The molecule has 0 aromatic heterocycles. The molecule has 0 spiro atoms. The highest BCUT2D eigenvalue weighted by molar-refractivity contribution is 5.96. The summed E-state index contributed by atoms with van der Waals surface area (Å²) in [5, 5.41) is 0.